The van der Waals surface area contributed by atoms with Crippen molar-refractivity contribution in [2.75, 3.05) is 7.05 Å². The van der Waals surface area contributed by atoms with E-state index in [2.05, 4.69) is 50.5 Å². The zero-order valence-corrected chi connectivity index (χ0v) is 11.6. The van der Waals surface area contributed by atoms with E-state index in [-0.39, 0.29) is 0 Å². The Morgan fingerprint density at radius 3 is 2.18 bits per heavy atom. The number of nitrogens with one attached hydrogen (secondary N) is 1. The van der Waals surface area contributed by atoms with Gasteiger partial charge in [-0.05, 0) is 37.4 Å². The molecule has 0 bridgehead atoms. The molecule has 0 spiro atoms. The van der Waals surface area contributed by atoms with Gasteiger partial charge in [-0.25, -0.2) is 0 Å². The number of rotatable bonds is 8. The molecule has 0 heterocycles. The first-order chi connectivity index (χ1) is 8.30. The molecule has 1 atom stereocenters. The smallest absolute Gasteiger partial charge is 0.0104 e. The van der Waals surface area contributed by atoms with Crippen LogP contribution in [-0.2, 0) is 12.8 Å². The minimum Gasteiger partial charge on any atom is -0.317 e. The second-order valence-corrected chi connectivity index (χ2v) is 4.86. The zero-order chi connectivity index (χ0) is 12.5. The molecule has 1 unspecified atom stereocenters. The summed E-state index contributed by atoms with van der Waals surface area (Å²) in [6.07, 6.45) is 7.58. The SMILES string of the molecule is CCCCCC(Cc1ccc(CC)cc1)NC. The highest BCUT2D eigenvalue weighted by Crippen LogP contribution is 2.11. The molecule has 1 aromatic rings. The molecule has 0 radical (unpaired) electrons. The maximum Gasteiger partial charge on any atom is 0.0104 e. The molecule has 1 aromatic carbocycles. The third-order valence-corrected chi connectivity index (χ3v) is 3.48. The third-order valence-electron chi connectivity index (χ3n) is 3.48. The Hall–Kier alpha value is -0.820. The van der Waals surface area contributed by atoms with Crippen LogP contribution in [0.25, 0.3) is 0 Å². The Morgan fingerprint density at radius 2 is 1.65 bits per heavy atom. The number of hydrogen-bond acceptors (Lipinski definition) is 1. The van der Waals surface area contributed by atoms with E-state index in [0.717, 1.165) is 12.8 Å². The number of benzene rings is 1. The predicted molar refractivity (Wildman–Crippen MR) is 76.5 cm³/mol. The van der Waals surface area contributed by atoms with Crippen molar-refractivity contribution in [3.05, 3.63) is 35.4 Å². The summed E-state index contributed by atoms with van der Waals surface area (Å²) in [5.74, 6) is 0. The first kappa shape index (κ1) is 14.2. The highest BCUT2D eigenvalue weighted by Gasteiger charge is 2.06. The summed E-state index contributed by atoms with van der Waals surface area (Å²) in [6, 6.07) is 9.71. The summed E-state index contributed by atoms with van der Waals surface area (Å²) in [6.45, 7) is 4.47. The second kappa shape index (κ2) is 8.30. The highest BCUT2D eigenvalue weighted by atomic mass is 14.9. The Bertz CT molecular complexity index is 289. The molecule has 0 aliphatic carbocycles. The van der Waals surface area contributed by atoms with Gasteiger partial charge in [0.2, 0.25) is 0 Å². The molecule has 0 saturated heterocycles. The van der Waals surface area contributed by atoms with E-state index in [9.17, 15) is 0 Å². The van der Waals surface area contributed by atoms with Crippen molar-refractivity contribution in [2.24, 2.45) is 0 Å². The van der Waals surface area contributed by atoms with Crippen LogP contribution in [0.4, 0.5) is 0 Å². The van der Waals surface area contributed by atoms with Gasteiger partial charge in [0.05, 0.1) is 0 Å². The molecule has 96 valence electrons. The summed E-state index contributed by atoms with van der Waals surface area (Å²) in [5.41, 5.74) is 2.89. The van der Waals surface area contributed by atoms with E-state index in [0.29, 0.717) is 6.04 Å². The lowest BCUT2D eigenvalue weighted by Gasteiger charge is -2.16. The topological polar surface area (TPSA) is 12.0 Å². The lowest BCUT2D eigenvalue weighted by molar-refractivity contribution is 0.490. The molecule has 1 heteroatoms. The maximum atomic E-state index is 3.44. The van der Waals surface area contributed by atoms with E-state index in [4.69, 9.17) is 0 Å². The molecule has 0 aliphatic heterocycles. The molecule has 0 aliphatic rings. The molecule has 1 nitrogen and oxygen atoms in total. The summed E-state index contributed by atoms with van der Waals surface area (Å²) in [4.78, 5) is 0. The number of unbranched alkanes of at least 4 members (excludes halogenated alkanes) is 2. The van der Waals surface area contributed by atoms with Crippen LogP contribution >= 0.6 is 0 Å². The maximum absolute atomic E-state index is 3.44. The molecule has 1 N–H and O–H groups in total. The Labute approximate surface area is 107 Å². The van der Waals surface area contributed by atoms with Crippen molar-refractivity contribution < 1.29 is 0 Å². The number of aryl methyl sites for hydroxylation is 1. The summed E-state index contributed by atoms with van der Waals surface area (Å²) < 4.78 is 0. The molecular weight excluding hydrogens is 206 g/mol. The van der Waals surface area contributed by atoms with Gasteiger partial charge in [-0.3, -0.25) is 0 Å². The third kappa shape index (κ3) is 5.36. The minimum absolute atomic E-state index is 0.633. The van der Waals surface area contributed by atoms with Crippen molar-refractivity contribution in [1.82, 2.24) is 5.32 Å². The van der Waals surface area contributed by atoms with Crippen LogP contribution in [-0.4, -0.2) is 13.1 Å². The van der Waals surface area contributed by atoms with E-state index in [1.807, 2.05) is 0 Å². The van der Waals surface area contributed by atoms with Crippen molar-refractivity contribution in [3.8, 4) is 0 Å². The lowest BCUT2D eigenvalue weighted by Crippen LogP contribution is -2.27. The van der Waals surface area contributed by atoms with Crippen molar-refractivity contribution in [2.45, 2.75) is 58.4 Å². The average molecular weight is 233 g/mol. The quantitative estimate of drug-likeness (QED) is 0.670. The van der Waals surface area contributed by atoms with Gasteiger partial charge in [0.25, 0.3) is 0 Å². The van der Waals surface area contributed by atoms with Crippen LogP contribution in [0, 0.1) is 0 Å². The van der Waals surface area contributed by atoms with E-state index >= 15 is 0 Å². The van der Waals surface area contributed by atoms with Crippen molar-refractivity contribution >= 4 is 0 Å². The van der Waals surface area contributed by atoms with Gasteiger partial charge >= 0.3 is 0 Å². The van der Waals surface area contributed by atoms with Crippen molar-refractivity contribution in [1.29, 1.82) is 0 Å². The first-order valence-electron chi connectivity index (χ1n) is 7.05. The van der Waals surface area contributed by atoms with Gasteiger partial charge in [-0.2, -0.15) is 0 Å². The normalized spacial score (nSPS) is 12.6. The molecule has 0 aromatic heterocycles. The van der Waals surface area contributed by atoms with Gasteiger partial charge in [-0.1, -0.05) is 57.4 Å². The van der Waals surface area contributed by atoms with Crippen LogP contribution in [0.1, 0.15) is 50.7 Å². The fourth-order valence-electron chi connectivity index (χ4n) is 2.18. The van der Waals surface area contributed by atoms with Crippen LogP contribution in [0.15, 0.2) is 24.3 Å². The van der Waals surface area contributed by atoms with E-state index < -0.39 is 0 Å². The lowest BCUT2D eigenvalue weighted by atomic mass is 9.99. The van der Waals surface area contributed by atoms with Crippen LogP contribution in [0.3, 0.4) is 0 Å². The molecular formula is C16H27N. The zero-order valence-electron chi connectivity index (χ0n) is 11.6. The van der Waals surface area contributed by atoms with E-state index in [1.165, 1.54) is 36.8 Å². The summed E-state index contributed by atoms with van der Waals surface area (Å²) in [5, 5.41) is 3.44. The molecule has 17 heavy (non-hydrogen) atoms. The largest absolute Gasteiger partial charge is 0.317 e. The van der Waals surface area contributed by atoms with E-state index in [1.54, 1.807) is 0 Å². The van der Waals surface area contributed by atoms with Gasteiger partial charge in [0, 0.05) is 6.04 Å². The summed E-state index contributed by atoms with van der Waals surface area (Å²) >= 11 is 0. The monoisotopic (exact) mass is 233 g/mol. The molecule has 1 rings (SSSR count). The standard InChI is InChI=1S/C16H27N/c1-4-6-7-8-16(17-3)13-15-11-9-14(5-2)10-12-15/h9-12,16-17H,4-8,13H2,1-3H3. The number of likely N-dealkylation sites (N-methyl/N-ethyl adjacent to an activating group) is 1. The van der Waals surface area contributed by atoms with Crippen LogP contribution in [0.5, 0.6) is 0 Å². The predicted octanol–water partition coefficient (Wildman–Crippen LogP) is 3.96. The van der Waals surface area contributed by atoms with Crippen molar-refractivity contribution in [3.63, 3.8) is 0 Å². The molecule has 0 amide bonds. The fourth-order valence-corrected chi connectivity index (χ4v) is 2.18. The average Bonchev–Trinajstić information content (AvgIpc) is 2.38. The van der Waals surface area contributed by atoms with Gasteiger partial charge in [0.15, 0.2) is 0 Å². The molecule has 0 fully saturated rings. The Balaban J connectivity index is 2.43. The Kier molecular flexibility index (Phi) is 6.95. The van der Waals surface area contributed by atoms with Gasteiger partial charge < -0.3 is 5.32 Å². The van der Waals surface area contributed by atoms with Gasteiger partial charge in [-0.15, -0.1) is 0 Å². The first-order valence-corrected chi connectivity index (χ1v) is 7.05. The summed E-state index contributed by atoms with van der Waals surface area (Å²) in [7, 11) is 2.08. The van der Waals surface area contributed by atoms with Crippen LogP contribution < -0.4 is 5.32 Å². The van der Waals surface area contributed by atoms with Gasteiger partial charge in [0.1, 0.15) is 0 Å². The second-order valence-electron chi connectivity index (χ2n) is 4.86. The number of hydrogen-bond donors (Lipinski definition) is 1. The highest BCUT2D eigenvalue weighted by molar-refractivity contribution is 5.23. The minimum atomic E-state index is 0.633. The molecule has 0 saturated carbocycles. The Morgan fingerprint density at radius 1 is 1.00 bits per heavy atom. The fraction of sp³-hybridized carbons (Fsp3) is 0.625. The van der Waals surface area contributed by atoms with Crippen LogP contribution in [0.2, 0.25) is 0 Å².